The number of hydrogen-bond acceptors (Lipinski definition) is 3. The standard InChI is InChI=1S/C12H24N4S/c13-15-12(14-11-5-2-1-3-6-11)16-7-4-9-17-10-8-16/h11H,1-10,13H2,(H,14,15). The van der Waals surface area contributed by atoms with Crippen LogP contribution < -0.4 is 11.3 Å². The predicted molar refractivity (Wildman–Crippen MR) is 75.1 cm³/mol. The lowest BCUT2D eigenvalue weighted by Gasteiger charge is -2.26. The maximum absolute atomic E-state index is 5.64. The molecule has 0 atom stereocenters. The second-order valence-electron chi connectivity index (χ2n) is 4.84. The molecule has 0 amide bonds. The van der Waals surface area contributed by atoms with Crippen molar-refractivity contribution in [2.24, 2.45) is 10.8 Å². The number of hydrogen-bond donors (Lipinski definition) is 2. The molecular formula is C12H24N4S. The number of rotatable bonds is 1. The van der Waals surface area contributed by atoms with E-state index in [1.165, 1.54) is 50.0 Å². The van der Waals surface area contributed by atoms with Crippen LogP contribution in [0.3, 0.4) is 0 Å². The molecule has 3 N–H and O–H groups in total. The lowest BCUT2D eigenvalue weighted by Crippen LogP contribution is -2.46. The van der Waals surface area contributed by atoms with Crippen molar-refractivity contribution < 1.29 is 0 Å². The number of nitrogens with two attached hydrogens (primary N) is 1. The second kappa shape index (κ2) is 7.11. The van der Waals surface area contributed by atoms with Crippen molar-refractivity contribution in [2.75, 3.05) is 24.6 Å². The number of thioether (sulfide) groups is 1. The fourth-order valence-electron chi connectivity index (χ4n) is 2.55. The monoisotopic (exact) mass is 256 g/mol. The molecule has 0 bridgehead atoms. The van der Waals surface area contributed by atoms with Gasteiger partial charge in [0.15, 0.2) is 0 Å². The molecular weight excluding hydrogens is 232 g/mol. The summed E-state index contributed by atoms with van der Waals surface area (Å²) in [7, 11) is 0. The van der Waals surface area contributed by atoms with E-state index in [4.69, 9.17) is 10.8 Å². The molecule has 1 aliphatic carbocycles. The maximum Gasteiger partial charge on any atom is 0.208 e. The Morgan fingerprint density at radius 2 is 1.94 bits per heavy atom. The zero-order valence-corrected chi connectivity index (χ0v) is 11.3. The fraction of sp³-hybridized carbons (Fsp3) is 0.917. The van der Waals surface area contributed by atoms with Crippen molar-refractivity contribution in [3.05, 3.63) is 0 Å². The summed E-state index contributed by atoms with van der Waals surface area (Å²) in [5.41, 5.74) is 2.81. The lowest BCUT2D eigenvalue weighted by atomic mass is 9.96. The molecule has 0 unspecified atom stereocenters. The van der Waals surface area contributed by atoms with Gasteiger partial charge in [-0.25, -0.2) is 10.8 Å². The molecule has 1 aliphatic heterocycles. The third-order valence-electron chi connectivity index (χ3n) is 3.53. The largest absolute Gasteiger partial charge is 0.341 e. The van der Waals surface area contributed by atoms with Crippen LogP contribution in [0.4, 0.5) is 0 Å². The van der Waals surface area contributed by atoms with E-state index < -0.39 is 0 Å². The Hall–Kier alpha value is -0.420. The van der Waals surface area contributed by atoms with Crippen LogP contribution in [0.1, 0.15) is 38.5 Å². The van der Waals surface area contributed by atoms with Gasteiger partial charge in [0.1, 0.15) is 0 Å². The molecule has 0 aromatic rings. The van der Waals surface area contributed by atoms with E-state index >= 15 is 0 Å². The Bertz CT molecular complexity index is 243. The quantitative estimate of drug-likeness (QED) is 0.324. The smallest absolute Gasteiger partial charge is 0.208 e. The summed E-state index contributed by atoms with van der Waals surface area (Å²) < 4.78 is 0. The van der Waals surface area contributed by atoms with Crippen LogP contribution >= 0.6 is 11.8 Å². The minimum atomic E-state index is 0.491. The highest BCUT2D eigenvalue weighted by Crippen LogP contribution is 2.20. The molecule has 0 aromatic heterocycles. The van der Waals surface area contributed by atoms with Gasteiger partial charge in [0.25, 0.3) is 0 Å². The number of hydrazine groups is 1. The molecule has 98 valence electrons. The van der Waals surface area contributed by atoms with Crippen molar-refractivity contribution in [3.63, 3.8) is 0 Å². The number of aliphatic imine (C=N–C) groups is 1. The van der Waals surface area contributed by atoms with Crippen molar-refractivity contribution in [1.82, 2.24) is 10.3 Å². The van der Waals surface area contributed by atoms with E-state index in [0.29, 0.717) is 6.04 Å². The average Bonchev–Trinajstić information content (AvgIpc) is 2.66. The second-order valence-corrected chi connectivity index (χ2v) is 6.07. The van der Waals surface area contributed by atoms with E-state index in [9.17, 15) is 0 Å². The summed E-state index contributed by atoms with van der Waals surface area (Å²) in [6.07, 6.45) is 7.71. The van der Waals surface area contributed by atoms with Gasteiger partial charge >= 0.3 is 0 Å². The van der Waals surface area contributed by atoms with Gasteiger partial charge < -0.3 is 4.90 Å². The summed E-state index contributed by atoms with van der Waals surface area (Å²) in [5, 5.41) is 0. The van der Waals surface area contributed by atoms with Crippen molar-refractivity contribution in [1.29, 1.82) is 0 Å². The molecule has 2 rings (SSSR count). The first-order valence-corrected chi connectivity index (χ1v) is 7.93. The van der Waals surface area contributed by atoms with Crippen molar-refractivity contribution >= 4 is 17.7 Å². The van der Waals surface area contributed by atoms with E-state index in [1.807, 2.05) is 11.8 Å². The van der Waals surface area contributed by atoms with Crippen LogP contribution in [-0.4, -0.2) is 41.5 Å². The van der Waals surface area contributed by atoms with E-state index in [2.05, 4.69) is 10.3 Å². The predicted octanol–water partition coefficient (Wildman–Crippen LogP) is 1.58. The summed E-state index contributed by atoms with van der Waals surface area (Å²) in [4.78, 5) is 7.13. The first-order chi connectivity index (χ1) is 8.40. The molecule has 5 heteroatoms. The Morgan fingerprint density at radius 1 is 1.12 bits per heavy atom. The van der Waals surface area contributed by atoms with Gasteiger partial charge in [0, 0.05) is 18.8 Å². The van der Waals surface area contributed by atoms with Crippen LogP contribution in [0.2, 0.25) is 0 Å². The fourth-order valence-corrected chi connectivity index (χ4v) is 3.44. The normalized spacial score (nSPS) is 24.5. The molecule has 0 aromatic carbocycles. The Morgan fingerprint density at radius 3 is 2.71 bits per heavy atom. The first-order valence-electron chi connectivity index (χ1n) is 6.77. The number of nitrogens with zero attached hydrogens (tertiary/aromatic N) is 2. The summed E-state index contributed by atoms with van der Waals surface area (Å²) >= 11 is 2.03. The van der Waals surface area contributed by atoms with E-state index in [1.54, 1.807) is 0 Å². The zero-order valence-electron chi connectivity index (χ0n) is 10.5. The molecule has 4 nitrogen and oxygen atoms in total. The highest BCUT2D eigenvalue weighted by atomic mass is 32.2. The molecule has 1 saturated carbocycles. The topological polar surface area (TPSA) is 53.6 Å². The van der Waals surface area contributed by atoms with Crippen LogP contribution in [0, 0.1) is 0 Å². The Labute approximate surface area is 108 Å². The van der Waals surface area contributed by atoms with Gasteiger partial charge in [-0.3, -0.25) is 5.43 Å². The van der Waals surface area contributed by atoms with Gasteiger partial charge in [-0.05, 0) is 25.0 Å². The highest BCUT2D eigenvalue weighted by molar-refractivity contribution is 7.99. The van der Waals surface area contributed by atoms with Crippen LogP contribution in [0.5, 0.6) is 0 Å². The maximum atomic E-state index is 5.64. The van der Waals surface area contributed by atoms with Crippen molar-refractivity contribution in [2.45, 2.75) is 44.6 Å². The van der Waals surface area contributed by atoms with E-state index in [-0.39, 0.29) is 0 Å². The van der Waals surface area contributed by atoms with Crippen LogP contribution in [0.25, 0.3) is 0 Å². The molecule has 2 aliphatic rings. The lowest BCUT2D eigenvalue weighted by molar-refractivity contribution is 0.406. The molecule has 0 spiro atoms. The zero-order chi connectivity index (χ0) is 11.9. The van der Waals surface area contributed by atoms with Gasteiger partial charge in [-0.1, -0.05) is 19.3 Å². The van der Waals surface area contributed by atoms with Gasteiger partial charge in [0.2, 0.25) is 5.96 Å². The molecule has 2 fully saturated rings. The van der Waals surface area contributed by atoms with Crippen molar-refractivity contribution in [3.8, 4) is 0 Å². The summed E-state index contributed by atoms with van der Waals surface area (Å²) in [6.45, 7) is 2.16. The van der Waals surface area contributed by atoms with Gasteiger partial charge in [-0.15, -0.1) is 0 Å². The Kier molecular flexibility index (Phi) is 5.45. The molecule has 1 heterocycles. The number of nitrogens with one attached hydrogen (secondary N) is 1. The highest BCUT2D eigenvalue weighted by Gasteiger charge is 2.17. The molecule has 17 heavy (non-hydrogen) atoms. The summed E-state index contributed by atoms with van der Waals surface area (Å²) in [5.74, 6) is 9.01. The third kappa shape index (κ3) is 4.07. The minimum Gasteiger partial charge on any atom is -0.341 e. The minimum absolute atomic E-state index is 0.491. The number of guanidine groups is 1. The molecule has 1 saturated heterocycles. The van der Waals surface area contributed by atoms with Gasteiger partial charge in [-0.2, -0.15) is 11.8 Å². The van der Waals surface area contributed by atoms with E-state index in [0.717, 1.165) is 19.0 Å². The molecule has 0 radical (unpaired) electrons. The Balaban J connectivity index is 1.94. The third-order valence-corrected chi connectivity index (χ3v) is 4.58. The average molecular weight is 256 g/mol. The SMILES string of the molecule is NNC(=NC1CCCCC1)N1CCCSCC1. The van der Waals surface area contributed by atoms with Crippen LogP contribution in [-0.2, 0) is 0 Å². The van der Waals surface area contributed by atoms with Gasteiger partial charge in [0.05, 0.1) is 6.04 Å². The summed E-state index contributed by atoms with van der Waals surface area (Å²) in [6, 6.07) is 0.491. The van der Waals surface area contributed by atoms with Crippen LogP contribution in [0.15, 0.2) is 4.99 Å². The first kappa shape index (κ1) is 13.0.